The Morgan fingerprint density at radius 3 is 2.67 bits per heavy atom. The van der Waals surface area contributed by atoms with Gasteiger partial charge in [0.15, 0.2) is 0 Å². The number of ether oxygens (including phenoxy) is 1. The molecule has 8 heteroatoms. The summed E-state index contributed by atoms with van der Waals surface area (Å²) in [5.41, 5.74) is 0.641. The molecule has 1 saturated heterocycles. The van der Waals surface area contributed by atoms with Crippen LogP contribution in [-0.2, 0) is 21.3 Å². The zero-order valence-corrected chi connectivity index (χ0v) is 14.1. The highest BCUT2D eigenvalue weighted by atomic mass is 35.5. The third-order valence-corrected chi connectivity index (χ3v) is 5.71. The maximum atomic E-state index is 12.5. The van der Waals surface area contributed by atoms with E-state index in [2.05, 4.69) is 10.0 Å². The summed E-state index contributed by atoms with van der Waals surface area (Å²) in [5, 5.41) is 3.45. The second-order valence-corrected chi connectivity index (χ2v) is 7.50. The summed E-state index contributed by atoms with van der Waals surface area (Å²) in [6, 6.07) is 2.77. The van der Waals surface area contributed by atoms with Gasteiger partial charge in [0.1, 0.15) is 4.90 Å². The fraction of sp³-hybridized carbons (Fsp3) is 0.538. The molecule has 0 bridgehead atoms. The predicted octanol–water partition coefficient (Wildman–Crippen LogP) is 2.17. The van der Waals surface area contributed by atoms with Crippen LogP contribution in [0.1, 0.15) is 18.9 Å². The van der Waals surface area contributed by atoms with Gasteiger partial charge in [0.05, 0.1) is 17.2 Å². The molecule has 0 saturated carbocycles. The number of rotatable bonds is 5. The Bertz CT molecular complexity index is 622. The third kappa shape index (κ3) is 3.88. The van der Waals surface area contributed by atoms with E-state index in [1.807, 2.05) is 6.92 Å². The summed E-state index contributed by atoms with van der Waals surface area (Å²) in [4.78, 5) is 0.000941. The van der Waals surface area contributed by atoms with Gasteiger partial charge in [-0.3, -0.25) is 0 Å². The lowest BCUT2D eigenvalue weighted by molar-refractivity contribution is 0.117. The van der Waals surface area contributed by atoms with Crippen molar-refractivity contribution in [3.63, 3.8) is 0 Å². The zero-order chi connectivity index (χ0) is 15.6. The van der Waals surface area contributed by atoms with Crippen LogP contribution in [0.15, 0.2) is 17.0 Å². The minimum Gasteiger partial charge on any atom is -0.377 e. The molecule has 2 unspecified atom stereocenters. The molecule has 1 aromatic rings. The van der Waals surface area contributed by atoms with E-state index < -0.39 is 10.0 Å². The van der Waals surface area contributed by atoms with Gasteiger partial charge in [-0.05, 0) is 38.1 Å². The Labute approximate surface area is 135 Å². The van der Waals surface area contributed by atoms with Gasteiger partial charge >= 0.3 is 0 Å². The Balaban J connectivity index is 2.35. The molecule has 0 amide bonds. The molecule has 1 heterocycles. The molecule has 2 N–H and O–H groups in total. The van der Waals surface area contributed by atoms with Crippen LogP contribution in [0.3, 0.4) is 0 Å². The number of sulfonamides is 1. The van der Waals surface area contributed by atoms with E-state index in [-0.39, 0.29) is 22.1 Å². The van der Waals surface area contributed by atoms with Gasteiger partial charge < -0.3 is 10.1 Å². The monoisotopic (exact) mass is 352 g/mol. The molecule has 0 spiro atoms. The van der Waals surface area contributed by atoms with Crippen LogP contribution in [0.2, 0.25) is 10.0 Å². The fourth-order valence-electron chi connectivity index (χ4n) is 2.28. The highest BCUT2D eigenvalue weighted by Crippen LogP contribution is 2.30. The summed E-state index contributed by atoms with van der Waals surface area (Å²) >= 11 is 12.2. The maximum Gasteiger partial charge on any atom is 0.242 e. The van der Waals surface area contributed by atoms with Crippen molar-refractivity contribution in [1.82, 2.24) is 10.0 Å². The number of hydrogen-bond donors (Lipinski definition) is 2. The molecular weight excluding hydrogens is 335 g/mol. The number of halogens is 2. The van der Waals surface area contributed by atoms with Crippen molar-refractivity contribution in [2.24, 2.45) is 0 Å². The largest absolute Gasteiger partial charge is 0.377 e. The van der Waals surface area contributed by atoms with Gasteiger partial charge in [0.2, 0.25) is 10.0 Å². The third-order valence-electron chi connectivity index (χ3n) is 3.42. The topological polar surface area (TPSA) is 67.4 Å². The fourth-order valence-corrected chi connectivity index (χ4v) is 4.55. The Morgan fingerprint density at radius 2 is 2.10 bits per heavy atom. The van der Waals surface area contributed by atoms with Gasteiger partial charge in [-0.15, -0.1) is 0 Å². The van der Waals surface area contributed by atoms with E-state index in [1.165, 1.54) is 6.07 Å². The summed E-state index contributed by atoms with van der Waals surface area (Å²) in [7, 11) is -1.99. The van der Waals surface area contributed by atoms with E-state index in [1.54, 1.807) is 13.1 Å². The standard InChI is InChI=1S/C13H18Cl2N2O3S/c1-8-11(3-4-20-8)17-21(18,19)12-6-10(14)5-9(7-16-2)13(12)15/h5-6,8,11,16-17H,3-4,7H2,1-2H3. The van der Waals surface area contributed by atoms with Crippen molar-refractivity contribution >= 4 is 33.2 Å². The lowest BCUT2D eigenvalue weighted by Crippen LogP contribution is -2.39. The minimum atomic E-state index is -3.74. The average molecular weight is 353 g/mol. The first-order valence-corrected chi connectivity index (χ1v) is 8.85. The minimum absolute atomic E-state index is 0.000941. The first kappa shape index (κ1) is 17.0. The van der Waals surface area contributed by atoms with Gasteiger partial charge in [-0.2, -0.15) is 0 Å². The molecule has 118 valence electrons. The van der Waals surface area contributed by atoms with Crippen molar-refractivity contribution in [2.45, 2.75) is 36.9 Å². The van der Waals surface area contributed by atoms with E-state index in [4.69, 9.17) is 27.9 Å². The molecule has 0 radical (unpaired) electrons. The maximum absolute atomic E-state index is 12.5. The van der Waals surface area contributed by atoms with E-state index in [0.29, 0.717) is 30.2 Å². The molecule has 2 atom stereocenters. The number of nitrogens with one attached hydrogen (secondary N) is 2. The molecule has 2 rings (SSSR count). The van der Waals surface area contributed by atoms with Crippen LogP contribution in [0.25, 0.3) is 0 Å². The number of hydrogen-bond acceptors (Lipinski definition) is 4. The van der Waals surface area contributed by atoms with Gasteiger partial charge in [-0.1, -0.05) is 23.2 Å². The van der Waals surface area contributed by atoms with E-state index in [9.17, 15) is 8.42 Å². The summed E-state index contributed by atoms with van der Waals surface area (Å²) in [6.45, 7) is 2.82. The van der Waals surface area contributed by atoms with Gasteiger partial charge in [0.25, 0.3) is 0 Å². The van der Waals surface area contributed by atoms with Crippen molar-refractivity contribution in [2.75, 3.05) is 13.7 Å². The van der Waals surface area contributed by atoms with Gasteiger partial charge in [-0.25, -0.2) is 13.1 Å². The second kappa shape index (κ2) is 6.81. The molecule has 0 aliphatic carbocycles. The van der Waals surface area contributed by atoms with Crippen molar-refractivity contribution < 1.29 is 13.2 Å². The van der Waals surface area contributed by atoms with Crippen molar-refractivity contribution in [3.05, 3.63) is 27.7 Å². The highest BCUT2D eigenvalue weighted by Gasteiger charge is 2.30. The molecule has 1 aliphatic rings. The normalized spacial score (nSPS) is 22.7. The van der Waals surface area contributed by atoms with Crippen LogP contribution in [0, 0.1) is 0 Å². The summed E-state index contributed by atoms with van der Waals surface area (Å²) in [5.74, 6) is 0. The van der Waals surface area contributed by atoms with Gasteiger partial charge in [0, 0.05) is 18.2 Å². The first-order valence-electron chi connectivity index (χ1n) is 6.61. The number of benzene rings is 1. The first-order chi connectivity index (χ1) is 9.85. The molecule has 5 nitrogen and oxygen atoms in total. The van der Waals surface area contributed by atoms with Crippen LogP contribution in [0.4, 0.5) is 0 Å². The van der Waals surface area contributed by atoms with E-state index >= 15 is 0 Å². The molecule has 21 heavy (non-hydrogen) atoms. The Hall–Kier alpha value is -0.370. The second-order valence-electron chi connectivity index (χ2n) is 5.00. The van der Waals surface area contributed by atoms with Crippen molar-refractivity contribution in [1.29, 1.82) is 0 Å². The summed E-state index contributed by atoms with van der Waals surface area (Å²) < 4.78 is 33.1. The molecule has 1 fully saturated rings. The summed E-state index contributed by atoms with van der Waals surface area (Å²) in [6.07, 6.45) is 0.483. The van der Waals surface area contributed by atoms with Crippen molar-refractivity contribution in [3.8, 4) is 0 Å². The Kier molecular flexibility index (Phi) is 5.51. The van der Waals surface area contributed by atoms with Crippen LogP contribution >= 0.6 is 23.2 Å². The smallest absolute Gasteiger partial charge is 0.242 e. The zero-order valence-electron chi connectivity index (χ0n) is 11.8. The quantitative estimate of drug-likeness (QED) is 0.851. The van der Waals surface area contributed by atoms with Crippen LogP contribution in [-0.4, -0.2) is 34.2 Å². The van der Waals surface area contributed by atoms with Crippen LogP contribution in [0.5, 0.6) is 0 Å². The lowest BCUT2D eigenvalue weighted by atomic mass is 10.2. The highest BCUT2D eigenvalue weighted by molar-refractivity contribution is 7.89. The molecule has 1 aromatic carbocycles. The average Bonchev–Trinajstić information content (AvgIpc) is 2.78. The lowest BCUT2D eigenvalue weighted by Gasteiger charge is -2.18. The molecular formula is C13H18Cl2N2O3S. The van der Waals surface area contributed by atoms with E-state index in [0.717, 1.165) is 0 Å². The molecule has 1 aliphatic heterocycles. The Morgan fingerprint density at radius 1 is 1.38 bits per heavy atom. The van der Waals surface area contributed by atoms with Crippen LogP contribution < -0.4 is 10.0 Å². The SMILES string of the molecule is CNCc1cc(Cl)cc(S(=O)(=O)NC2CCOC2C)c1Cl. The predicted molar refractivity (Wildman–Crippen MR) is 83.4 cm³/mol. The molecule has 0 aromatic heterocycles.